The van der Waals surface area contributed by atoms with Gasteiger partial charge in [0.15, 0.2) is 5.72 Å². The first kappa shape index (κ1) is 13.7. The zero-order valence-electron chi connectivity index (χ0n) is 12.2. The topological polar surface area (TPSA) is 70.1 Å². The Morgan fingerprint density at radius 1 is 1.36 bits per heavy atom. The van der Waals surface area contributed by atoms with Crippen LogP contribution in [0.1, 0.15) is 28.8 Å². The van der Waals surface area contributed by atoms with Crippen LogP contribution in [0.25, 0.3) is 0 Å². The van der Waals surface area contributed by atoms with E-state index in [-0.39, 0.29) is 11.9 Å². The Morgan fingerprint density at radius 3 is 3.00 bits per heavy atom. The number of likely N-dealkylation sites (tertiary alicyclic amines) is 1. The van der Waals surface area contributed by atoms with Crippen LogP contribution in [0.15, 0.2) is 24.3 Å². The van der Waals surface area contributed by atoms with Crippen molar-refractivity contribution < 1.29 is 19.4 Å². The van der Waals surface area contributed by atoms with Gasteiger partial charge in [0.1, 0.15) is 0 Å². The predicted molar refractivity (Wildman–Crippen MR) is 77.2 cm³/mol. The van der Waals surface area contributed by atoms with E-state index in [1.807, 2.05) is 17.0 Å². The highest BCUT2D eigenvalue weighted by molar-refractivity contribution is 5.89. The van der Waals surface area contributed by atoms with Crippen molar-refractivity contribution in [2.75, 3.05) is 19.7 Å². The van der Waals surface area contributed by atoms with Crippen molar-refractivity contribution in [2.24, 2.45) is 0 Å². The lowest BCUT2D eigenvalue weighted by molar-refractivity contribution is -0.136. The first-order valence-corrected chi connectivity index (χ1v) is 7.61. The van der Waals surface area contributed by atoms with Crippen LogP contribution >= 0.6 is 0 Å². The van der Waals surface area contributed by atoms with Crippen LogP contribution in [0.2, 0.25) is 0 Å². The van der Waals surface area contributed by atoms with E-state index in [2.05, 4.69) is 4.90 Å². The molecule has 1 aromatic rings. The molecule has 0 unspecified atom stereocenters. The fourth-order valence-corrected chi connectivity index (χ4v) is 4.15. The molecule has 1 spiro atoms. The highest BCUT2D eigenvalue weighted by Gasteiger charge is 2.61. The normalized spacial score (nSPS) is 30.6. The number of hydrogen-bond donors (Lipinski definition) is 1. The minimum Gasteiger partial charge on any atom is -0.478 e. The number of carboxylic acids is 1. The lowest BCUT2D eigenvalue weighted by Gasteiger charge is -2.31. The molecule has 116 valence electrons. The summed E-state index contributed by atoms with van der Waals surface area (Å²) in [4.78, 5) is 27.6. The Balaban J connectivity index is 1.61. The third-order valence-electron chi connectivity index (χ3n) is 5.13. The van der Waals surface area contributed by atoms with Crippen LogP contribution in [-0.2, 0) is 16.1 Å². The van der Waals surface area contributed by atoms with Gasteiger partial charge >= 0.3 is 5.97 Å². The second-order valence-electron chi connectivity index (χ2n) is 6.14. The van der Waals surface area contributed by atoms with Crippen LogP contribution < -0.4 is 0 Å². The van der Waals surface area contributed by atoms with Gasteiger partial charge in [-0.15, -0.1) is 0 Å². The predicted octanol–water partition coefficient (Wildman–Crippen LogP) is 0.918. The molecular formula is C16H18N2O4. The van der Waals surface area contributed by atoms with E-state index >= 15 is 0 Å². The highest BCUT2D eigenvalue weighted by atomic mass is 16.5. The third-order valence-corrected chi connectivity index (χ3v) is 5.13. The van der Waals surface area contributed by atoms with Gasteiger partial charge < -0.3 is 14.7 Å². The molecule has 3 aliphatic rings. The Morgan fingerprint density at radius 2 is 2.18 bits per heavy atom. The maximum absolute atomic E-state index is 12.2. The number of carbonyl (C=O) groups excluding carboxylic acids is 1. The summed E-state index contributed by atoms with van der Waals surface area (Å²) < 4.78 is 5.95. The molecule has 4 rings (SSSR count). The monoisotopic (exact) mass is 302 g/mol. The number of rotatable bonds is 3. The van der Waals surface area contributed by atoms with Crippen molar-refractivity contribution in [3.63, 3.8) is 0 Å². The Hall–Kier alpha value is -1.92. The van der Waals surface area contributed by atoms with Crippen molar-refractivity contribution in [1.29, 1.82) is 0 Å². The van der Waals surface area contributed by atoms with Crippen molar-refractivity contribution in [3.05, 3.63) is 35.4 Å². The first-order valence-electron chi connectivity index (χ1n) is 7.61. The number of amides is 1. The van der Waals surface area contributed by atoms with Gasteiger partial charge in [-0.05, 0) is 11.6 Å². The summed E-state index contributed by atoms with van der Waals surface area (Å²) in [7, 11) is 0. The smallest absolute Gasteiger partial charge is 0.336 e. The van der Waals surface area contributed by atoms with Gasteiger partial charge in [-0.1, -0.05) is 18.2 Å². The number of nitrogens with zero attached hydrogens (tertiary/aromatic N) is 2. The van der Waals surface area contributed by atoms with Crippen LogP contribution in [-0.4, -0.2) is 58.2 Å². The third kappa shape index (κ3) is 1.80. The van der Waals surface area contributed by atoms with Gasteiger partial charge in [0, 0.05) is 32.5 Å². The molecule has 1 amide bonds. The van der Waals surface area contributed by atoms with E-state index in [1.54, 1.807) is 12.1 Å². The average molecular weight is 302 g/mol. The minimum atomic E-state index is -0.911. The number of carbonyl (C=O) groups is 2. The Labute approximate surface area is 128 Å². The second kappa shape index (κ2) is 4.79. The molecule has 1 aromatic carbocycles. The molecule has 0 aliphatic carbocycles. The Bertz CT molecular complexity index is 647. The van der Waals surface area contributed by atoms with Crippen LogP contribution in [0, 0.1) is 0 Å². The largest absolute Gasteiger partial charge is 0.478 e. The molecule has 0 saturated carbocycles. The number of aromatic carboxylic acids is 1. The summed E-state index contributed by atoms with van der Waals surface area (Å²) in [6.07, 6.45) is 1.27. The quantitative estimate of drug-likeness (QED) is 0.899. The van der Waals surface area contributed by atoms with Crippen molar-refractivity contribution in [3.8, 4) is 0 Å². The second-order valence-corrected chi connectivity index (χ2v) is 6.14. The standard InChI is InChI=1S/C16H18N2O4/c19-14-9-13-16(18(14)7-8-22-16)5-6-17(13)10-11-3-1-2-4-12(11)15(20)21/h1-4,13H,5-10H2,(H,20,21)/t13-,16+/m1/s1. The SMILES string of the molecule is O=C(O)c1ccccc1CN1CC[C@@]23OCCN2C(=O)C[C@@H]13. The van der Waals surface area contributed by atoms with E-state index in [0.717, 1.165) is 18.5 Å². The van der Waals surface area contributed by atoms with Crippen molar-refractivity contribution >= 4 is 11.9 Å². The first-order chi connectivity index (χ1) is 10.6. The molecule has 22 heavy (non-hydrogen) atoms. The van der Waals surface area contributed by atoms with Gasteiger partial charge in [-0.25, -0.2) is 4.79 Å². The molecule has 3 saturated heterocycles. The average Bonchev–Trinajstić information content (AvgIpc) is 3.13. The van der Waals surface area contributed by atoms with Gasteiger partial charge in [0.05, 0.1) is 18.2 Å². The van der Waals surface area contributed by atoms with Gasteiger partial charge in [0.2, 0.25) is 5.91 Å². The van der Waals surface area contributed by atoms with Crippen LogP contribution in [0.5, 0.6) is 0 Å². The molecule has 2 atom stereocenters. The molecule has 6 nitrogen and oxygen atoms in total. The molecule has 1 N–H and O–H groups in total. The number of benzene rings is 1. The molecule has 6 heteroatoms. The summed E-state index contributed by atoms with van der Waals surface area (Å²) in [6.45, 7) is 2.64. The molecule has 0 aromatic heterocycles. The highest BCUT2D eigenvalue weighted by Crippen LogP contribution is 2.46. The molecule has 3 heterocycles. The van der Waals surface area contributed by atoms with E-state index in [9.17, 15) is 14.7 Å². The molecular weight excluding hydrogens is 284 g/mol. The van der Waals surface area contributed by atoms with E-state index in [1.165, 1.54) is 0 Å². The zero-order chi connectivity index (χ0) is 15.3. The summed E-state index contributed by atoms with van der Waals surface area (Å²) in [5.74, 6) is -0.760. The van der Waals surface area contributed by atoms with Gasteiger partial charge in [-0.3, -0.25) is 9.69 Å². The maximum atomic E-state index is 12.2. The summed E-state index contributed by atoms with van der Waals surface area (Å²) in [6, 6.07) is 7.09. The van der Waals surface area contributed by atoms with Crippen molar-refractivity contribution in [2.45, 2.75) is 31.2 Å². The Kier molecular flexibility index (Phi) is 2.99. The lowest BCUT2D eigenvalue weighted by atomic mass is 10.0. The fourth-order valence-electron chi connectivity index (χ4n) is 4.15. The minimum absolute atomic E-state index is 0.0318. The summed E-state index contributed by atoms with van der Waals surface area (Å²) in [5.41, 5.74) is 0.655. The summed E-state index contributed by atoms with van der Waals surface area (Å²) >= 11 is 0. The van der Waals surface area contributed by atoms with E-state index in [4.69, 9.17) is 4.74 Å². The van der Waals surface area contributed by atoms with E-state index < -0.39 is 11.7 Å². The summed E-state index contributed by atoms with van der Waals surface area (Å²) in [5, 5.41) is 9.31. The number of ether oxygens (including phenoxy) is 1. The van der Waals surface area contributed by atoms with Gasteiger partial charge in [-0.2, -0.15) is 0 Å². The zero-order valence-corrected chi connectivity index (χ0v) is 12.2. The molecule has 0 radical (unpaired) electrons. The molecule has 0 bridgehead atoms. The number of hydrogen-bond acceptors (Lipinski definition) is 4. The van der Waals surface area contributed by atoms with Crippen LogP contribution in [0.3, 0.4) is 0 Å². The van der Waals surface area contributed by atoms with Gasteiger partial charge in [0.25, 0.3) is 0 Å². The molecule has 3 aliphatic heterocycles. The fraction of sp³-hybridized carbons (Fsp3) is 0.500. The van der Waals surface area contributed by atoms with Crippen LogP contribution in [0.4, 0.5) is 0 Å². The molecule has 3 fully saturated rings. The van der Waals surface area contributed by atoms with E-state index in [0.29, 0.717) is 31.7 Å². The number of carboxylic acid groups (broad SMARTS) is 1. The maximum Gasteiger partial charge on any atom is 0.336 e. The lowest BCUT2D eigenvalue weighted by Crippen LogP contribution is -2.47. The van der Waals surface area contributed by atoms with Crippen molar-refractivity contribution in [1.82, 2.24) is 9.80 Å².